The number of piperidine rings is 1. The highest BCUT2D eigenvalue weighted by Gasteiger charge is 2.32. The second-order valence-electron chi connectivity index (χ2n) is 4.96. The van der Waals surface area contributed by atoms with Gasteiger partial charge in [0.2, 0.25) is 5.91 Å². The Bertz CT molecular complexity index is 251. The van der Waals surface area contributed by atoms with E-state index >= 15 is 0 Å². The van der Waals surface area contributed by atoms with Gasteiger partial charge in [-0.2, -0.15) is 0 Å². The minimum atomic E-state index is -1.10. The molecule has 2 rings (SSSR count). The van der Waals surface area contributed by atoms with E-state index in [1.165, 1.54) is 0 Å². The smallest absolute Gasteiger partial charge is 0.236 e. The first-order valence-corrected chi connectivity index (χ1v) is 5.76. The summed E-state index contributed by atoms with van der Waals surface area (Å²) in [6.45, 7) is 5.08. The lowest BCUT2D eigenvalue weighted by molar-refractivity contribution is -0.136. The molecule has 2 fully saturated rings. The molecule has 1 atom stereocenters. The Morgan fingerprint density at radius 3 is 2.60 bits per heavy atom. The maximum absolute atomic E-state index is 13.7. The van der Waals surface area contributed by atoms with Crippen LogP contribution in [0, 0.1) is 0 Å². The third-order valence-electron chi connectivity index (χ3n) is 3.29. The minimum Gasteiger partial charge on any atom is -0.341 e. The van der Waals surface area contributed by atoms with E-state index in [1.807, 2.05) is 9.80 Å². The highest BCUT2D eigenvalue weighted by molar-refractivity contribution is 5.78. The van der Waals surface area contributed by atoms with Gasteiger partial charge in [-0.05, 0) is 32.7 Å². The van der Waals surface area contributed by atoms with Gasteiger partial charge in [-0.3, -0.25) is 9.69 Å². The van der Waals surface area contributed by atoms with Gasteiger partial charge in [0.1, 0.15) is 5.67 Å². The van der Waals surface area contributed by atoms with Crippen LogP contribution in [0.1, 0.15) is 26.2 Å². The second-order valence-corrected chi connectivity index (χ2v) is 4.96. The van der Waals surface area contributed by atoms with Crippen LogP contribution in [-0.4, -0.2) is 54.1 Å². The SMILES string of the molecule is C[C@@]1(F)CCCN(CC(=O)N2CCC2)C1. The Morgan fingerprint density at radius 2 is 2.07 bits per heavy atom. The topological polar surface area (TPSA) is 23.6 Å². The Kier molecular flexibility index (Phi) is 2.96. The lowest BCUT2D eigenvalue weighted by Gasteiger charge is -2.37. The molecule has 3 nitrogen and oxygen atoms in total. The van der Waals surface area contributed by atoms with Gasteiger partial charge in [0.25, 0.3) is 0 Å². The van der Waals surface area contributed by atoms with Crippen molar-refractivity contribution in [2.45, 2.75) is 31.9 Å². The maximum Gasteiger partial charge on any atom is 0.236 e. The monoisotopic (exact) mass is 214 g/mol. The quantitative estimate of drug-likeness (QED) is 0.686. The van der Waals surface area contributed by atoms with Crippen molar-refractivity contribution in [2.75, 3.05) is 32.7 Å². The van der Waals surface area contributed by atoms with Crippen molar-refractivity contribution in [2.24, 2.45) is 0 Å². The number of likely N-dealkylation sites (tertiary alicyclic amines) is 2. The fraction of sp³-hybridized carbons (Fsp3) is 0.909. The molecule has 4 heteroatoms. The Labute approximate surface area is 90.2 Å². The lowest BCUT2D eigenvalue weighted by Crippen LogP contribution is -2.51. The molecule has 0 radical (unpaired) electrons. The van der Waals surface area contributed by atoms with Gasteiger partial charge in [0.05, 0.1) is 6.54 Å². The van der Waals surface area contributed by atoms with Gasteiger partial charge < -0.3 is 4.90 Å². The number of nitrogens with zero attached hydrogens (tertiary/aromatic N) is 2. The van der Waals surface area contributed by atoms with Crippen molar-refractivity contribution in [1.29, 1.82) is 0 Å². The molecule has 2 heterocycles. The van der Waals surface area contributed by atoms with E-state index in [9.17, 15) is 9.18 Å². The summed E-state index contributed by atoms with van der Waals surface area (Å²) >= 11 is 0. The summed E-state index contributed by atoms with van der Waals surface area (Å²) < 4.78 is 13.7. The third-order valence-corrected chi connectivity index (χ3v) is 3.29. The van der Waals surface area contributed by atoms with Gasteiger partial charge in [0.15, 0.2) is 0 Å². The largest absolute Gasteiger partial charge is 0.341 e. The molecule has 86 valence electrons. The number of amides is 1. The molecular formula is C11H19FN2O. The van der Waals surface area contributed by atoms with E-state index in [0.717, 1.165) is 32.5 Å². The van der Waals surface area contributed by atoms with Crippen LogP contribution in [0.15, 0.2) is 0 Å². The predicted octanol–water partition coefficient (Wildman–Crippen LogP) is 1.04. The molecule has 1 amide bonds. The molecule has 0 aromatic heterocycles. The molecule has 2 aliphatic heterocycles. The number of alkyl halides is 1. The maximum atomic E-state index is 13.7. The highest BCUT2D eigenvalue weighted by Crippen LogP contribution is 2.24. The Balaban J connectivity index is 1.80. The van der Waals surface area contributed by atoms with Crippen LogP contribution in [0.3, 0.4) is 0 Å². The molecule has 0 aromatic rings. The van der Waals surface area contributed by atoms with Crippen molar-refractivity contribution < 1.29 is 9.18 Å². The summed E-state index contributed by atoms with van der Waals surface area (Å²) in [5.74, 6) is 0.166. The molecule has 0 N–H and O–H groups in total. The molecule has 0 bridgehead atoms. The summed E-state index contributed by atoms with van der Waals surface area (Å²) in [5.41, 5.74) is -1.10. The standard InChI is InChI=1S/C11H19FN2O/c1-11(12)4-2-5-13(9-11)8-10(15)14-6-3-7-14/h2-9H2,1H3/t11-/m1/s1. The predicted molar refractivity (Wildman–Crippen MR) is 56.4 cm³/mol. The minimum absolute atomic E-state index is 0.166. The molecule has 0 spiro atoms. The number of carbonyl (C=O) groups excluding carboxylic acids is 1. The van der Waals surface area contributed by atoms with Crippen LogP contribution in [-0.2, 0) is 4.79 Å². The van der Waals surface area contributed by atoms with E-state index in [0.29, 0.717) is 19.5 Å². The molecule has 0 saturated carbocycles. The van der Waals surface area contributed by atoms with E-state index < -0.39 is 5.67 Å². The van der Waals surface area contributed by atoms with Crippen molar-refractivity contribution in [1.82, 2.24) is 9.80 Å². The summed E-state index contributed by atoms with van der Waals surface area (Å²) in [6.07, 6.45) is 2.61. The summed E-state index contributed by atoms with van der Waals surface area (Å²) in [5, 5.41) is 0. The van der Waals surface area contributed by atoms with Crippen molar-refractivity contribution in [3.63, 3.8) is 0 Å². The summed E-state index contributed by atoms with van der Waals surface area (Å²) in [7, 11) is 0. The Hall–Kier alpha value is -0.640. The average molecular weight is 214 g/mol. The molecule has 0 aromatic carbocycles. The lowest BCUT2D eigenvalue weighted by atomic mass is 9.97. The normalized spacial score (nSPS) is 32.5. The first-order valence-electron chi connectivity index (χ1n) is 5.76. The molecule has 0 unspecified atom stereocenters. The Morgan fingerprint density at radius 1 is 1.33 bits per heavy atom. The summed E-state index contributed by atoms with van der Waals surface area (Å²) in [4.78, 5) is 15.5. The fourth-order valence-electron chi connectivity index (χ4n) is 2.29. The van der Waals surface area contributed by atoms with Gasteiger partial charge in [0, 0.05) is 19.6 Å². The van der Waals surface area contributed by atoms with Crippen molar-refractivity contribution in [3.8, 4) is 0 Å². The number of rotatable bonds is 2. The van der Waals surface area contributed by atoms with Crippen LogP contribution in [0.5, 0.6) is 0 Å². The van der Waals surface area contributed by atoms with E-state index in [4.69, 9.17) is 0 Å². The van der Waals surface area contributed by atoms with Crippen molar-refractivity contribution in [3.05, 3.63) is 0 Å². The number of halogens is 1. The molecule has 2 saturated heterocycles. The second kappa shape index (κ2) is 4.08. The molecule has 15 heavy (non-hydrogen) atoms. The van der Waals surface area contributed by atoms with Crippen LogP contribution < -0.4 is 0 Å². The number of hydrogen-bond acceptors (Lipinski definition) is 2. The van der Waals surface area contributed by atoms with Gasteiger partial charge in [-0.25, -0.2) is 4.39 Å². The van der Waals surface area contributed by atoms with E-state index in [2.05, 4.69) is 0 Å². The van der Waals surface area contributed by atoms with Gasteiger partial charge >= 0.3 is 0 Å². The summed E-state index contributed by atoms with van der Waals surface area (Å²) in [6, 6.07) is 0. The van der Waals surface area contributed by atoms with Crippen LogP contribution >= 0.6 is 0 Å². The molecular weight excluding hydrogens is 195 g/mol. The highest BCUT2D eigenvalue weighted by atomic mass is 19.1. The molecule has 2 aliphatic rings. The number of carbonyl (C=O) groups is 1. The zero-order chi connectivity index (χ0) is 10.9. The van der Waals surface area contributed by atoms with Gasteiger partial charge in [-0.1, -0.05) is 0 Å². The zero-order valence-corrected chi connectivity index (χ0v) is 9.34. The van der Waals surface area contributed by atoms with Crippen LogP contribution in [0.25, 0.3) is 0 Å². The fourth-order valence-corrected chi connectivity index (χ4v) is 2.29. The average Bonchev–Trinajstić information content (AvgIpc) is 1.97. The third kappa shape index (κ3) is 2.68. The first-order chi connectivity index (χ1) is 7.07. The van der Waals surface area contributed by atoms with E-state index in [1.54, 1.807) is 6.92 Å². The van der Waals surface area contributed by atoms with Crippen molar-refractivity contribution >= 4 is 5.91 Å². The molecule has 0 aliphatic carbocycles. The van der Waals surface area contributed by atoms with Gasteiger partial charge in [-0.15, -0.1) is 0 Å². The van der Waals surface area contributed by atoms with Crippen LogP contribution in [0.4, 0.5) is 4.39 Å². The van der Waals surface area contributed by atoms with E-state index in [-0.39, 0.29) is 5.91 Å². The number of hydrogen-bond donors (Lipinski definition) is 0. The van der Waals surface area contributed by atoms with Crippen LogP contribution in [0.2, 0.25) is 0 Å². The first kappa shape index (κ1) is 10.9. The zero-order valence-electron chi connectivity index (χ0n) is 9.34.